The summed E-state index contributed by atoms with van der Waals surface area (Å²) in [6.07, 6.45) is 4.33. The molecule has 7 nitrogen and oxygen atoms in total. The van der Waals surface area contributed by atoms with Crippen molar-refractivity contribution < 1.29 is 22.4 Å². The third-order valence-electron chi connectivity index (χ3n) is 6.57. The molecule has 0 aromatic heterocycles. The van der Waals surface area contributed by atoms with Crippen molar-refractivity contribution in [2.45, 2.75) is 62.4 Å². The molecule has 1 aliphatic heterocycles. The number of nitrogens with one attached hydrogen (secondary N) is 2. The zero-order chi connectivity index (χ0) is 24.1. The average molecular weight is 488 g/mol. The van der Waals surface area contributed by atoms with E-state index < -0.39 is 21.9 Å². The van der Waals surface area contributed by atoms with Crippen LogP contribution in [0.15, 0.2) is 54.6 Å². The van der Waals surface area contributed by atoms with Crippen molar-refractivity contribution in [2.75, 3.05) is 6.54 Å². The lowest BCUT2D eigenvalue weighted by Crippen LogP contribution is -2.56. The molecule has 1 saturated carbocycles. The highest BCUT2D eigenvalue weighted by Gasteiger charge is 2.40. The Labute approximate surface area is 199 Å². The highest BCUT2D eigenvalue weighted by molar-refractivity contribution is 7.88. The number of benzene rings is 2. The molecule has 2 aliphatic rings. The number of carbonyl (C=O) groups is 2. The lowest BCUT2D eigenvalue weighted by molar-refractivity contribution is -0.125. The van der Waals surface area contributed by atoms with Crippen molar-refractivity contribution in [1.29, 1.82) is 0 Å². The fraction of sp³-hybridized carbons (Fsp3) is 0.440. The highest BCUT2D eigenvalue weighted by Crippen LogP contribution is 2.25. The predicted molar refractivity (Wildman–Crippen MR) is 127 cm³/mol. The zero-order valence-electron chi connectivity index (χ0n) is 19.0. The summed E-state index contributed by atoms with van der Waals surface area (Å²) in [6.45, 7) is 0.322. The summed E-state index contributed by atoms with van der Waals surface area (Å²) in [6, 6.07) is 13.0. The van der Waals surface area contributed by atoms with E-state index in [4.69, 9.17) is 0 Å². The van der Waals surface area contributed by atoms with Crippen molar-refractivity contribution in [3.8, 4) is 0 Å². The van der Waals surface area contributed by atoms with Gasteiger partial charge in [0.05, 0.1) is 5.75 Å². The van der Waals surface area contributed by atoms with Gasteiger partial charge in [0.2, 0.25) is 15.9 Å². The van der Waals surface area contributed by atoms with E-state index in [2.05, 4.69) is 10.6 Å². The van der Waals surface area contributed by atoms with E-state index in [1.807, 2.05) is 6.07 Å². The van der Waals surface area contributed by atoms with Crippen LogP contribution in [0.2, 0.25) is 0 Å². The first-order valence-electron chi connectivity index (χ1n) is 11.7. The van der Waals surface area contributed by atoms with Gasteiger partial charge in [-0.2, -0.15) is 4.31 Å². The van der Waals surface area contributed by atoms with Crippen LogP contribution in [0.5, 0.6) is 0 Å². The first-order chi connectivity index (χ1) is 16.3. The molecular formula is C25H30FN3O4S. The summed E-state index contributed by atoms with van der Waals surface area (Å²) in [4.78, 5) is 25.8. The number of rotatable bonds is 7. The molecule has 182 valence electrons. The normalized spacial score (nSPS) is 23.4. The van der Waals surface area contributed by atoms with Gasteiger partial charge in [0.15, 0.2) is 0 Å². The van der Waals surface area contributed by atoms with E-state index in [0.29, 0.717) is 43.4 Å². The van der Waals surface area contributed by atoms with Crippen molar-refractivity contribution in [1.82, 2.24) is 14.9 Å². The number of sulfonamides is 1. The van der Waals surface area contributed by atoms with E-state index in [1.54, 1.807) is 24.3 Å². The Morgan fingerprint density at radius 1 is 0.882 bits per heavy atom. The number of hydrogen-bond acceptors (Lipinski definition) is 4. The minimum Gasteiger partial charge on any atom is -0.350 e. The molecule has 1 heterocycles. The second-order valence-electron chi connectivity index (χ2n) is 9.00. The molecule has 0 radical (unpaired) electrons. The topological polar surface area (TPSA) is 95.6 Å². The van der Waals surface area contributed by atoms with Gasteiger partial charge in [-0.05, 0) is 55.5 Å². The van der Waals surface area contributed by atoms with E-state index in [-0.39, 0.29) is 29.7 Å². The Hall–Kier alpha value is -2.78. The molecule has 3 atom stereocenters. The van der Waals surface area contributed by atoms with Crippen LogP contribution < -0.4 is 10.6 Å². The van der Waals surface area contributed by atoms with Gasteiger partial charge in [-0.15, -0.1) is 0 Å². The van der Waals surface area contributed by atoms with Gasteiger partial charge >= 0.3 is 0 Å². The van der Waals surface area contributed by atoms with Crippen LogP contribution in [0.3, 0.4) is 0 Å². The molecule has 4 rings (SSSR count). The maximum atomic E-state index is 13.2. The summed E-state index contributed by atoms with van der Waals surface area (Å²) >= 11 is 0. The minimum absolute atomic E-state index is 0.141. The molecule has 1 aliphatic carbocycles. The third-order valence-corrected chi connectivity index (χ3v) is 8.42. The SMILES string of the molecule is O=C(N[C@@H]1CCCCC1NC(=O)[C@H]1CCCN1S(=O)(=O)Cc1ccccc1)c1ccc(F)cc1. The first-order valence-corrected chi connectivity index (χ1v) is 13.3. The van der Waals surface area contributed by atoms with Gasteiger partial charge in [0.1, 0.15) is 11.9 Å². The number of hydrogen-bond donors (Lipinski definition) is 2. The summed E-state index contributed by atoms with van der Waals surface area (Å²) in [5.74, 6) is -1.19. The van der Waals surface area contributed by atoms with E-state index in [9.17, 15) is 22.4 Å². The molecule has 2 fully saturated rings. The molecule has 0 spiro atoms. The summed E-state index contributed by atoms with van der Waals surface area (Å²) in [7, 11) is -3.65. The van der Waals surface area contributed by atoms with E-state index in [0.717, 1.165) is 12.8 Å². The lowest BCUT2D eigenvalue weighted by Gasteiger charge is -2.34. The van der Waals surface area contributed by atoms with Crippen LogP contribution in [-0.2, 0) is 20.6 Å². The van der Waals surface area contributed by atoms with Gasteiger partial charge in [-0.3, -0.25) is 9.59 Å². The number of amides is 2. The second-order valence-corrected chi connectivity index (χ2v) is 10.9. The van der Waals surface area contributed by atoms with E-state index in [1.165, 1.54) is 28.6 Å². The molecule has 2 amide bonds. The fourth-order valence-corrected chi connectivity index (χ4v) is 6.59. The van der Waals surface area contributed by atoms with Gasteiger partial charge in [0, 0.05) is 24.2 Å². The molecule has 2 N–H and O–H groups in total. The van der Waals surface area contributed by atoms with E-state index >= 15 is 0 Å². The maximum absolute atomic E-state index is 13.2. The molecule has 1 saturated heterocycles. The molecule has 2 aromatic rings. The van der Waals surface area contributed by atoms with Gasteiger partial charge in [-0.1, -0.05) is 43.2 Å². The lowest BCUT2D eigenvalue weighted by atomic mass is 9.89. The zero-order valence-corrected chi connectivity index (χ0v) is 19.8. The predicted octanol–water partition coefficient (Wildman–Crippen LogP) is 2.98. The quantitative estimate of drug-likeness (QED) is 0.628. The molecule has 34 heavy (non-hydrogen) atoms. The van der Waals surface area contributed by atoms with Crippen LogP contribution in [0.4, 0.5) is 4.39 Å². The van der Waals surface area contributed by atoms with Gasteiger partial charge in [0.25, 0.3) is 5.91 Å². The Morgan fingerprint density at radius 3 is 2.21 bits per heavy atom. The Bertz CT molecular complexity index is 1110. The second kappa shape index (κ2) is 10.7. The van der Waals surface area contributed by atoms with Crippen LogP contribution in [0.1, 0.15) is 54.4 Å². The largest absolute Gasteiger partial charge is 0.350 e. The maximum Gasteiger partial charge on any atom is 0.251 e. The summed E-state index contributed by atoms with van der Waals surface area (Å²) in [5.41, 5.74) is 1.04. The minimum atomic E-state index is -3.65. The molecule has 9 heteroatoms. The van der Waals surface area contributed by atoms with Gasteiger partial charge in [-0.25, -0.2) is 12.8 Å². The van der Waals surface area contributed by atoms with Gasteiger partial charge < -0.3 is 10.6 Å². The molecule has 0 bridgehead atoms. The van der Waals surface area contributed by atoms with Crippen molar-refractivity contribution in [3.63, 3.8) is 0 Å². The van der Waals surface area contributed by atoms with Crippen molar-refractivity contribution >= 4 is 21.8 Å². The Balaban J connectivity index is 1.41. The smallest absolute Gasteiger partial charge is 0.251 e. The number of nitrogens with zero attached hydrogens (tertiary/aromatic N) is 1. The van der Waals surface area contributed by atoms with Crippen molar-refractivity contribution in [2.24, 2.45) is 0 Å². The molecular weight excluding hydrogens is 457 g/mol. The first kappa shape index (κ1) is 24.3. The number of carbonyl (C=O) groups excluding carboxylic acids is 2. The molecule has 1 unspecified atom stereocenters. The highest BCUT2D eigenvalue weighted by atomic mass is 32.2. The standard InChI is InChI=1S/C25H30FN3O4S/c26-20-14-12-19(13-15-20)24(30)27-21-9-4-5-10-22(21)28-25(31)23-11-6-16-29(23)34(32,33)17-18-7-2-1-3-8-18/h1-3,7-8,12-15,21-23H,4-6,9-11,16-17H2,(H,27,30)(H,28,31)/t21-,22?,23-/m1/s1. The van der Waals surface area contributed by atoms with Crippen molar-refractivity contribution in [3.05, 3.63) is 71.5 Å². The monoisotopic (exact) mass is 487 g/mol. The summed E-state index contributed by atoms with van der Waals surface area (Å²) < 4.78 is 40.6. The summed E-state index contributed by atoms with van der Waals surface area (Å²) in [5, 5.41) is 5.99. The fourth-order valence-electron chi connectivity index (χ4n) is 4.81. The Morgan fingerprint density at radius 2 is 1.53 bits per heavy atom. The van der Waals surface area contributed by atoms with Crippen LogP contribution >= 0.6 is 0 Å². The third kappa shape index (κ3) is 5.82. The van der Waals surface area contributed by atoms with Crippen LogP contribution in [0, 0.1) is 5.82 Å². The average Bonchev–Trinajstić information content (AvgIpc) is 3.33. The number of halogens is 1. The molecule has 2 aromatic carbocycles. The van der Waals surface area contributed by atoms with Crippen LogP contribution in [-0.4, -0.2) is 49.2 Å². The van der Waals surface area contributed by atoms with Crippen LogP contribution in [0.25, 0.3) is 0 Å². The Kier molecular flexibility index (Phi) is 7.63.